The molecule has 1 aromatic rings. The number of fused-ring (bicyclic) bond motifs is 1. The van der Waals surface area contributed by atoms with Gasteiger partial charge in [-0.3, -0.25) is 9.59 Å². The van der Waals surface area contributed by atoms with Crippen LogP contribution in [0.2, 0.25) is 0 Å². The minimum Gasteiger partial charge on any atom is -0.339 e. The Kier molecular flexibility index (Phi) is 6.40. The highest BCUT2D eigenvalue weighted by molar-refractivity contribution is 7.99. The molecule has 0 atom stereocenters. The molecule has 136 valence electrons. The maximum Gasteiger partial charge on any atom is 0.227 e. The molecule has 1 aromatic carbocycles. The molecule has 2 aliphatic rings. The Balaban J connectivity index is 1.50. The minimum atomic E-state index is 0.184. The smallest absolute Gasteiger partial charge is 0.227 e. The molecule has 0 N–H and O–H groups in total. The summed E-state index contributed by atoms with van der Waals surface area (Å²) in [6.45, 7) is 4.78. The summed E-state index contributed by atoms with van der Waals surface area (Å²) in [7, 11) is 0. The van der Waals surface area contributed by atoms with Crippen LogP contribution in [0.15, 0.2) is 23.1 Å². The van der Waals surface area contributed by atoms with E-state index in [-0.39, 0.29) is 11.8 Å². The molecule has 4 nitrogen and oxygen atoms in total. The predicted molar refractivity (Wildman–Crippen MR) is 102 cm³/mol. The van der Waals surface area contributed by atoms with E-state index in [4.69, 9.17) is 0 Å². The molecule has 0 aromatic heterocycles. The summed E-state index contributed by atoms with van der Waals surface area (Å²) in [5.74, 6) is 1.62. The normalized spacial score (nSPS) is 17.3. The molecule has 2 amide bonds. The van der Waals surface area contributed by atoms with E-state index in [0.717, 1.165) is 24.8 Å². The number of amides is 2. The summed E-state index contributed by atoms with van der Waals surface area (Å²) in [5, 5.41) is 0. The van der Waals surface area contributed by atoms with Crippen LogP contribution in [0.4, 0.5) is 0 Å². The molecular weight excluding hydrogens is 332 g/mol. The van der Waals surface area contributed by atoms with Crippen molar-refractivity contribution in [2.75, 3.05) is 31.9 Å². The van der Waals surface area contributed by atoms with Crippen LogP contribution < -0.4 is 0 Å². The Hall–Kier alpha value is -1.49. The molecule has 25 heavy (non-hydrogen) atoms. The van der Waals surface area contributed by atoms with Crippen LogP contribution in [0.25, 0.3) is 0 Å². The molecule has 0 aliphatic carbocycles. The molecule has 3 rings (SSSR count). The van der Waals surface area contributed by atoms with E-state index in [2.05, 4.69) is 25.1 Å². The first-order valence-corrected chi connectivity index (χ1v) is 10.5. The number of unbranched alkanes of at least 4 members (excludes halogenated alkanes) is 1. The van der Waals surface area contributed by atoms with E-state index in [1.54, 1.807) is 0 Å². The lowest BCUT2D eigenvalue weighted by molar-refractivity contribution is -0.139. The number of hydrogen-bond donors (Lipinski definition) is 0. The van der Waals surface area contributed by atoms with Crippen molar-refractivity contribution < 1.29 is 9.59 Å². The first-order chi connectivity index (χ1) is 12.2. The van der Waals surface area contributed by atoms with Gasteiger partial charge in [0.2, 0.25) is 11.8 Å². The van der Waals surface area contributed by atoms with Gasteiger partial charge in [0.25, 0.3) is 0 Å². The number of aryl methyl sites for hydroxylation is 1. The van der Waals surface area contributed by atoms with Crippen molar-refractivity contribution in [3.8, 4) is 0 Å². The zero-order chi connectivity index (χ0) is 17.6. The topological polar surface area (TPSA) is 40.6 Å². The van der Waals surface area contributed by atoms with E-state index in [9.17, 15) is 9.59 Å². The molecule has 0 radical (unpaired) electrons. The van der Waals surface area contributed by atoms with Gasteiger partial charge in [-0.25, -0.2) is 0 Å². The Labute approximate surface area is 154 Å². The van der Waals surface area contributed by atoms with Crippen molar-refractivity contribution in [3.05, 3.63) is 29.3 Å². The van der Waals surface area contributed by atoms with E-state index in [0.29, 0.717) is 39.0 Å². The number of nitrogens with zero attached hydrogens (tertiary/aromatic N) is 2. The fourth-order valence-corrected chi connectivity index (χ4v) is 4.52. The number of carbonyl (C=O) groups excluding carboxylic acids is 2. The zero-order valence-electron chi connectivity index (χ0n) is 15.1. The van der Waals surface area contributed by atoms with Crippen LogP contribution in [0, 0.1) is 0 Å². The van der Waals surface area contributed by atoms with Crippen LogP contribution in [0.5, 0.6) is 0 Å². The van der Waals surface area contributed by atoms with Crippen LogP contribution in [-0.2, 0) is 22.4 Å². The van der Waals surface area contributed by atoms with Gasteiger partial charge < -0.3 is 9.80 Å². The molecule has 0 spiro atoms. The molecule has 1 saturated heterocycles. The molecule has 0 bridgehead atoms. The van der Waals surface area contributed by atoms with Crippen LogP contribution >= 0.6 is 11.8 Å². The van der Waals surface area contributed by atoms with Gasteiger partial charge in [-0.15, -0.1) is 11.8 Å². The quantitative estimate of drug-likeness (QED) is 0.810. The van der Waals surface area contributed by atoms with Gasteiger partial charge in [0.15, 0.2) is 0 Å². The average Bonchev–Trinajstić information content (AvgIpc) is 2.66. The second-order valence-electron chi connectivity index (χ2n) is 6.94. The molecular formula is C20H28N2O2S. The molecule has 5 heteroatoms. The molecule has 0 saturated carbocycles. The van der Waals surface area contributed by atoms with Crippen LogP contribution in [0.1, 0.15) is 43.7 Å². The second kappa shape index (κ2) is 8.75. The monoisotopic (exact) mass is 360 g/mol. The first-order valence-electron chi connectivity index (χ1n) is 9.47. The first kappa shape index (κ1) is 18.3. The van der Waals surface area contributed by atoms with E-state index >= 15 is 0 Å². The van der Waals surface area contributed by atoms with Gasteiger partial charge in [0, 0.05) is 37.5 Å². The number of benzene rings is 1. The van der Waals surface area contributed by atoms with Crippen LogP contribution in [-0.4, -0.2) is 53.5 Å². The van der Waals surface area contributed by atoms with Crippen molar-refractivity contribution in [1.29, 1.82) is 0 Å². The van der Waals surface area contributed by atoms with Gasteiger partial charge >= 0.3 is 0 Å². The molecule has 2 heterocycles. The van der Waals surface area contributed by atoms with Gasteiger partial charge in [-0.2, -0.15) is 0 Å². The third kappa shape index (κ3) is 4.78. The second-order valence-corrected chi connectivity index (χ2v) is 8.07. The van der Waals surface area contributed by atoms with Gasteiger partial charge in [0.05, 0.1) is 6.42 Å². The summed E-state index contributed by atoms with van der Waals surface area (Å²) in [6, 6.07) is 6.48. The standard InChI is InChI=1S/C20H28N2O2S/c1-2-3-6-19(23)21-9-11-22(12-10-21)20(24)15-16-7-8-18-17(14-16)5-4-13-25-18/h7-8,14H,2-6,9-13,15H2,1H3. The van der Waals surface area contributed by atoms with Gasteiger partial charge in [-0.05, 0) is 42.2 Å². The third-order valence-corrected chi connectivity index (χ3v) is 6.26. The number of hydrogen-bond acceptors (Lipinski definition) is 3. The van der Waals surface area contributed by atoms with Crippen molar-refractivity contribution >= 4 is 23.6 Å². The maximum absolute atomic E-state index is 12.6. The Morgan fingerprint density at radius 2 is 1.80 bits per heavy atom. The van der Waals surface area contributed by atoms with Crippen molar-refractivity contribution in [2.24, 2.45) is 0 Å². The largest absolute Gasteiger partial charge is 0.339 e. The minimum absolute atomic E-state index is 0.184. The Morgan fingerprint density at radius 1 is 1.08 bits per heavy atom. The maximum atomic E-state index is 12.6. The fraction of sp³-hybridized carbons (Fsp3) is 0.600. The lowest BCUT2D eigenvalue weighted by atomic mass is 10.0. The van der Waals surface area contributed by atoms with Crippen molar-refractivity contribution in [3.63, 3.8) is 0 Å². The Bertz CT molecular complexity index is 624. The highest BCUT2D eigenvalue weighted by Gasteiger charge is 2.24. The van der Waals surface area contributed by atoms with Crippen molar-refractivity contribution in [2.45, 2.75) is 50.3 Å². The molecule has 1 fully saturated rings. The summed E-state index contributed by atoms with van der Waals surface area (Å²) >= 11 is 1.92. The fourth-order valence-electron chi connectivity index (χ4n) is 3.50. The number of rotatable bonds is 5. The lowest BCUT2D eigenvalue weighted by Gasteiger charge is -2.35. The van der Waals surface area contributed by atoms with Crippen LogP contribution in [0.3, 0.4) is 0 Å². The molecule has 2 aliphatic heterocycles. The summed E-state index contributed by atoms with van der Waals surface area (Å²) in [4.78, 5) is 29.9. The SMILES string of the molecule is CCCCC(=O)N1CCN(C(=O)Cc2ccc3c(c2)CCCS3)CC1. The van der Waals surface area contributed by atoms with Gasteiger partial charge in [0.1, 0.15) is 0 Å². The highest BCUT2D eigenvalue weighted by atomic mass is 32.2. The summed E-state index contributed by atoms with van der Waals surface area (Å²) < 4.78 is 0. The van der Waals surface area contributed by atoms with E-state index < -0.39 is 0 Å². The lowest BCUT2D eigenvalue weighted by Crippen LogP contribution is -2.50. The predicted octanol–water partition coefficient (Wildman–Crippen LogP) is 3.13. The Morgan fingerprint density at radius 3 is 2.52 bits per heavy atom. The third-order valence-electron chi connectivity index (χ3n) is 5.06. The summed E-state index contributed by atoms with van der Waals surface area (Å²) in [6.07, 6.45) is 5.46. The number of piperazine rings is 1. The van der Waals surface area contributed by atoms with E-state index in [1.165, 1.54) is 22.6 Å². The van der Waals surface area contributed by atoms with Gasteiger partial charge in [-0.1, -0.05) is 25.5 Å². The summed E-state index contributed by atoms with van der Waals surface area (Å²) in [5.41, 5.74) is 2.51. The zero-order valence-corrected chi connectivity index (χ0v) is 15.9. The number of thioether (sulfide) groups is 1. The molecule has 0 unspecified atom stereocenters. The van der Waals surface area contributed by atoms with Crippen molar-refractivity contribution in [1.82, 2.24) is 9.80 Å². The van der Waals surface area contributed by atoms with E-state index in [1.807, 2.05) is 21.6 Å². The highest BCUT2D eigenvalue weighted by Crippen LogP contribution is 2.30. The number of carbonyl (C=O) groups is 2. The average molecular weight is 361 g/mol.